The van der Waals surface area contributed by atoms with E-state index in [2.05, 4.69) is 10.2 Å². The molecule has 0 saturated carbocycles. The van der Waals surface area contributed by atoms with Crippen LogP contribution in [0, 0.1) is 12.7 Å². The number of aryl methyl sites for hydroxylation is 1. The van der Waals surface area contributed by atoms with Gasteiger partial charge in [-0.25, -0.2) is 12.8 Å². The van der Waals surface area contributed by atoms with Gasteiger partial charge in [0, 0.05) is 12.7 Å². The van der Waals surface area contributed by atoms with Gasteiger partial charge in [0.05, 0.1) is 5.69 Å². The monoisotopic (exact) mass is 334 g/mol. The lowest BCUT2D eigenvalue weighted by molar-refractivity contribution is 0.591. The molecule has 1 aromatic carbocycles. The molecule has 2 heterocycles. The SMILES string of the molecule is CCN(c1cccc(F)c1)S(=O)(=O)c1ccc2nnc(C)n2c1. The van der Waals surface area contributed by atoms with Crippen molar-refractivity contribution in [3.63, 3.8) is 0 Å². The molecule has 8 heteroatoms. The van der Waals surface area contributed by atoms with E-state index in [1.54, 1.807) is 30.4 Å². The molecule has 3 rings (SSSR count). The minimum absolute atomic E-state index is 0.0963. The van der Waals surface area contributed by atoms with Crippen molar-refractivity contribution in [3.05, 3.63) is 54.2 Å². The lowest BCUT2D eigenvalue weighted by atomic mass is 10.3. The van der Waals surface area contributed by atoms with Crippen molar-refractivity contribution < 1.29 is 12.8 Å². The molecular formula is C15H15FN4O2S. The standard InChI is InChI=1S/C15H15FN4O2S/c1-3-20(13-6-4-5-12(16)9-13)23(21,22)14-7-8-15-18-17-11(2)19(15)10-14/h4-10H,3H2,1-2H3. The van der Waals surface area contributed by atoms with Crippen LogP contribution in [-0.2, 0) is 10.0 Å². The minimum Gasteiger partial charge on any atom is -0.285 e. The molecule has 0 saturated heterocycles. The zero-order valence-corrected chi connectivity index (χ0v) is 13.5. The van der Waals surface area contributed by atoms with Crippen LogP contribution in [0.2, 0.25) is 0 Å². The Balaban J connectivity index is 2.12. The molecule has 0 amide bonds. The van der Waals surface area contributed by atoms with Crippen LogP contribution in [0.15, 0.2) is 47.5 Å². The summed E-state index contributed by atoms with van der Waals surface area (Å²) in [6.07, 6.45) is 1.47. The van der Waals surface area contributed by atoms with E-state index in [-0.39, 0.29) is 17.1 Å². The Morgan fingerprint density at radius 1 is 1.22 bits per heavy atom. The molecule has 3 aromatic rings. The number of halogens is 1. The quantitative estimate of drug-likeness (QED) is 0.735. The molecule has 0 atom stereocenters. The van der Waals surface area contributed by atoms with Crippen molar-refractivity contribution in [2.45, 2.75) is 18.7 Å². The topological polar surface area (TPSA) is 67.6 Å². The Morgan fingerprint density at radius 3 is 2.70 bits per heavy atom. The molecule has 0 aliphatic rings. The third-order valence-corrected chi connectivity index (χ3v) is 5.40. The van der Waals surface area contributed by atoms with Crippen LogP contribution in [0.1, 0.15) is 12.7 Å². The fourth-order valence-corrected chi connectivity index (χ4v) is 3.85. The van der Waals surface area contributed by atoms with Gasteiger partial charge in [-0.15, -0.1) is 10.2 Å². The van der Waals surface area contributed by atoms with Crippen molar-refractivity contribution >= 4 is 21.4 Å². The zero-order valence-electron chi connectivity index (χ0n) is 12.6. The summed E-state index contributed by atoms with van der Waals surface area (Å²) in [5.41, 5.74) is 0.850. The van der Waals surface area contributed by atoms with Crippen molar-refractivity contribution in [3.8, 4) is 0 Å². The van der Waals surface area contributed by atoms with E-state index in [1.807, 2.05) is 0 Å². The second-order valence-electron chi connectivity index (χ2n) is 4.99. The highest BCUT2D eigenvalue weighted by Crippen LogP contribution is 2.24. The van der Waals surface area contributed by atoms with Gasteiger partial charge in [0.2, 0.25) is 0 Å². The number of rotatable bonds is 4. The van der Waals surface area contributed by atoms with Gasteiger partial charge < -0.3 is 0 Å². The van der Waals surface area contributed by atoms with E-state index < -0.39 is 15.8 Å². The van der Waals surface area contributed by atoms with Crippen LogP contribution < -0.4 is 4.31 Å². The van der Waals surface area contributed by atoms with Crippen LogP contribution in [0.3, 0.4) is 0 Å². The highest BCUT2D eigenvalue weighted by atomic mass is 32.2. The molecule has 0 radical (unpaired) electrons. The van der Waals surface area contributed by atoms with E-state index in [1.165, 1.54) is 30.5 Å². The van der Waals surface area contributed by atoms with Crippen molar-refractivity contribution in [1.29, 1.82) is 0 Å². The Morgan fingerprint density at radius 2 is 2.00 bits per heavy atom. The number of nitrogens with zero attached hydrogens (tertiary/aromatic N) is 4. The summed E-state index contributed by atoms with van der Waals surface area (Å²) in [6, 6.07) is 8.58. The van der Waals surface area contributed by atoms with Gasteiger partial charge in [-0.05, 0) is 44.2 Å². The molecule has 0 aliphatic heterocycles. The molecule has 23 heavy (non-hydrogen) atoms. The number of pyridine rings is 1. The summed E-state index contributed by atoms with van der Waals surface area (Å²) in [7, 11) is -3.82. The van der Waals surface area contributed by atoms with Crippen LogP contribution >= 0.6 is 0 Å². The maximum Gasteiger partial charge on any atom is 0.265 e. The summed E-state index contributed by atoms with van der Waals surface area (Å²) in [5.74, 6) is 0.104. The van der Waals surface area contributed by atoms with Gasteiger partial charge >= 0.3 is 0 Å². The van der Waals surface area contributed by atoms with E-state index in [9.17, 15) is 12.8 Å². The predicted octanol–water partition coefficient (Wildman–Crippen LogP) is 2.39. The molecule has 2 aromatic heterocycles. The number of anilines is 1. The summed E-state index contributed by atoms with van der Waals surface area (Å²) < 4.78 is 42.0. The van der Waals surface area contributed by atoms with Gasteiger partial charge in [0.25, 0.3) is 10.0 Å². The second kappa shape index (κ2) is 5.62. The van der Waals surface area contributed by atoms with Crippen molar-refractivity contribution in [2.24, 2.45) is 0 Å². The summed E-state index contributed by atoms with van der Waals surface area (Å²) >= 11 is 0. The number of aromatic nitrogens is 3. The first-order valence-electron chi connectivity index (χ1n) is 7.03. The Kier molecular flexibility index (Phi) is 3.77. The summed E-state index contributed by atoms with van der Waals surface area (Å²) in [6.45, 7) is 3.62. The molecule has 0 spiro atoms. The van der Waals surface area contributed by atoms with Gasteiger partial charge in [-0.3, -0.25) is 8.71 Å². The molecule has 6 nitrogen and oxygen atoms in total. The van der Waals surface area contributed by atoms with Gasteiger partial charge in [0.15, 0.2) is 5.65 Å². The van der Waals surface area contributed by atoms with Gasteiger partial charge in [-0.1, -0.05) is 6.07 Å². The first-order valence-corrected chi connectivity index (χ1v) is 8.47. The second-order valence-corrected chi connectivity index (χ2v) is 6.85. The van der Waals surface area contributed by atoms with Crippen LogP contribution in [-0.4, -0.2) is 29.6 Å². The molecule has 0 bridgehead atoms. The van der Waals surface area contributed by atoms with E-state index in [0.29, 0.717) is 11.5 Å². The normalized spacial score (nSPS) is 11.8. The molecule has 0 aliphatic carbocycles. The maximum atomic E-state index is 13.4. The third kappa shape index (κ3) is 2.65. The predicted molar refractivity (Wildman–Crippen MR) is 84.3 cm³/mol. The van der Waals surface area contributed by atoms with E-state index in [0.717, 1.165) is 4.31 Å². The average molecular weight is 334 g/mol. The Bertz CT molecular complexity index is 969. The Labute approximate surface area is 133 Å². The summed E-state index contributed by atoms with van der Waals surface area (Å²) in [5, 5.41) is 7.84. The minimum atomic E-state index is -3.82. The van der Waals surface area contributed by atoms with Crippen LogP contribution in [0.5, 0.6) is 0 Å². The fourth-order valence-electron chi connectivity index (χ4n) is 2.39. The first kappa shape index (κ1) is 15.4. The van der Waals surface area contributed by atoms with Gasteiger partial charge in [0.1, 0.15) is 16.5 Å². The zero-order chi connectivity index (χ0) is 16.6. The lowest BCUT2D eigenvalue weighted by Crippen LogP contribution is -2.31. The molecule has 0 N–H and O–H groups in total. The number of hydrogen-bond donors (Lipinski definition) is 0. The summed E-state index contributed by atoms with van der Waals surface area (Å²) in [4.78, 5) is 0.0963. The molecule has 0 fully saturated rings. The molecule has 120 valence electrons. The number of hydrogen-bond acceptors (Lipinski definition) is 4. The van der Waals surface area contributed by atoms with E-state index in [4.69, 9.17) is 0 Å². The van der Waals surface area contributed by atoms with Crippen LogP contribution in [0.4, 0.5) is 10.1 Å². The lowest BCUT2D eigenvalue weighted by Gasteiger charge is -2.23. The smallest absolute Gasteiger partial charge is 0.265 e. The molecular weight excluding hydrogens is 319 g/mol. The van der Waals surface area contributed by atoms with Crippen LogP contribution in [0.25, 0.3) is 5.65 Å². The average Bonchev–Trinajstić information content (AvgIpc) is 2.89. The highest BCUT2D eigenvalue weighted by molar-refractivity contribution is 7.92. The fraction of sp³-hybridized carbons (Fsp3) is 0.200. The largest absolute Gasteiger partial charge is 0.285 e. The van der Waals surface area contributed by atoms with Gasteiger partial charge in [-0.2, -0.15) is 0 Å². The third-order valence-electron chi connectivity index (χ3n) is 3.52. The first-order chi connectivity index (χ1) is 10.9. The van der Waals surface area contributed by atoms with E-state index >= 15 is 0 Å². The maximum absolute atomic E-state index is 13.4. The molecule has 0 unspecified atom stereocenters. The number of fused-ring (bicyclic) bond motifs is 1. The number of benzene rings is 1. The Hall–Kier alpha value is -2.48. The van der Waals surface area contributed by atoms with Crippen molar-refractivity contribution in [2.75, 3.05) is 10.8 Å². The number of sulfonamides is 1. The highest BCUT2D eigenvalue weighted by Gasteiger charge is 2.24. The van der Waals surface area contributed by atoms with Crippen molar-refractivity contribution in [1.82, 2.24) is 14.6 Å².